The second-order valence-electron chi connectivity index (χ2n) is 7.25. The van der Waals surface area contributed by atoms with Crippen molar-refractivity contribution in [2.45, 2.75) is 37.8 Å². The van der Waals surface area contributed by atoms with Crippen LogP contribution in [-0.2, 0) is 16.0 Å². The Morgan fingerprint density at radius 1 is 1.07 bits per heavy atom. The highest BCUT2D eigenvalue weighted by atomic mass is 16.2. The van der Waals surface area contributed by atoms with Crippen molar-refractivity contribution < 1.29 is 9.59 Å². The molecule has 0 saturated heterocycles. The second kappa shape index (κ2) is 8.82. The average Bonchev–Trinajstić information content (AvgIpc) is 3.14. The van der Waals surface area contributed by atoms with E-state index in [4.69, 9.17) is 5.73 Å². The summed E-state index contributed by atoms with van der Waals surface area (Å²) >= 11 is 0. The SMILES string of the molecule is CN(C(=O)[C@H](Cc1ccccc1)NC(=O)C1CCC(N)C1)c1ccccc1. The van der Waals surface area contributed by atoms with Gasteiger partial charge in [0.2, 0.25) is 11.8 Å². The Bertz CT molecular complexity index is 764. The molecule has 5 nitrogen and oxygen atoms in total. The van der Waals surface area contributed by atoms with Crippen LogP contribution >= 0.6 is 0 Å². The Morgan fingerprint density at radius 3 is 2.30 bits per heavy atom. The molecule has 0 bridgehead atoms. The Labute approximate surface area is 160 Å². The largest absolute Gasteiger partial charge is 0.344 e. The number of carbonyl (C=O) groups excluding carboxylic acids is 2. The number of likely N-dealkylation sites (N-methyl/N-ethyl adjacent to an activating group) is 1. The lowest BCUT2D eigenvalue weighted by atomic mass is 10.0. The van der Waals surface area contributed by atoms with Crippen LogP contribution in [0.25, 0.3) is 0 Å². The van der Waals surface area contributed by atoms with Gasteiger partial charge in [-0.2, -0.15) is 0 Å². The quantitative estimate of drug-likeness (QED) is 0.826. The van der Waals surface area contributed by atoms with Crippen LogP contribution in [0.3, 0.4) is 0 Å². The van der Waals surface area contributed by atoms with E-state index in [1.165, 1.54) is 0 Å². The zero-order chi connectivity index (χ0) is 19.2. The number of amides is 2. The minimum Gasteiger partial charge on any atom is -0.344 e. The van der Waals surface area contributed by atoms with Crippen LogP contribution < -0.4 is 16.0 Å². The summed E-state index contributed by atoms with van der Waals surface area (Å²) in [6, 6.07) is 18.7. The number of nitrogens with zero attached hydrogens (tertiary/aromatic N) is 1. The Hall–Kier alpha value is -2.66. The topological polar surface area (TPSA) is 75.4 Å². The Balaban J connectivity index is 1.76. The standard InChI is InChI=1S/C22H27N3O2/c1-25(19-10-6-3-7-11-19)22(27)20(14-16-8-4-2-5-9-16)24-21(26)17-12-13-18(23)15-17/h2-11,17-18,20H,12-15,23H2,1H3,(H,24,26)/t17?,18?,20-/m0/s1. The number of nitrogens with one attached hydrogen (secondary N) is 1. The van der Waals surface area contributed by atoms with Crippen molar-refractivity contribution in [1.29, 1.82) is 0 Å². The molecule has 3 rings (SSSR count). The summed E-state index contributed by atoms with van der Waals surface area (Å²) in [6.45, 7) is 0. The van der Waals surface area contributed by atoms with Crippen LogP contribution in [0.5, 0.6) is 0 Å². The molecule has 1 saturated carbocycles. The molecule has 5 heteroatoms. The van der Waals surface area contributed by atoms with Crippen molar-refractivity contribution in [1.82, 2.24) is 5.32 Å². The molecule has 2 unspecified atom stereocenters. The molecule has 0 aromatic heterocycles. The molecule has 1 aliphatic rings. The smallest absolute Gasteiger partial charge is 0.249 e. The van der Waals surface area contributed by atoms with Gasteiger partial charge in [0, 0.05) is 31.1 Å². The molecule has 3 N–H and O–H groups in total. The third-order valence-electron chi connectivity index (χ3n) is 5.22. The van der Waals surface area contributed by atoms with Crippen molar-refractivity contribution in [2.24, 2.45) is 11.7 Å². The monoisotopic (exact) mass is 365 g/mol. The summed E-state index contributed by atoms with van der Waals surface area (Å²) in [4.78, 5) is 27.5. The summed E-state index contributed by atoms with van der Waals surface area (Å²) in [5.74, 6) is -0.299. The van der Waals surface area contributed by atoms with Gasteiger partial charge in [0.25, 0.3) is 0 Å². The molecule has 2 aromatic carbocycles. The maximum Gasteiger partial charge on any atom is 0.249 e. The van der Waals surface area contributed by atoms with E-state index in [-0.39, 0.29) is 23.8 Å². The zero-order valence-electron chi connectivity index (χ0n) is 15.7. The lowest BCUT2D eigenvalue weighted by Crippen LogP contribution is -2.50. The third kappa shape index (κ3) is 4.95. The van der Waals surface area contributed by atoms with Gasteiger partial charge in [0.1, 0.15) is 6.04 Å². The van der Waals surface area contributed by atoms with E-state index in [0.29, 0.717) is 12.8 Å². The molecule has 142 valence electrons. The maximum atomic E-state index is 13.1. The van der Waals surface area contributed by atoms with Gasteiger partial charge >= 0.3 is 0 Å². The predicted octanol–water partition coefficient (Wildman–Crippen LogP) is 2.50. The highest BCUT2D eigenvalue weighted by molar-refractivity contribution is 5.99. The summed E-state index contributed by atoms with van der Waals surface area (Å²) in [5, 5.41) is 2.99. The van der Waals surface area contributed by atoms with Crippen LogP contribution in [0, 0.1) is 5.92 Å². The number of nitrogens with two attached hydrogens (primary N) is 1. The highest BCUT2D eigenvalue weighted by Crippen LogP contribution is 2.24. The molecule has 27 heavy (non-hydrogen) atoms. The van der Waals surface area contributed by atoms with E-state index in [1.54, 1.807) is 11.9 Å². The fraction of sp³-hybridized carbons (Fsp3) is 0.364. The number of rotatable bonds is 6. The van der Waals surface area contributed by atoms with Gasteiger partial charge in [-0.15, -0.1) is 0 Å². The highest BCUT2D eigenvalue weighted by Gasteiger charge is 2.32. The first-order valence-electron chi connectivity index (χ1n) is 9.47. The minimum absolute atomic E-state index is 0.0707. The molecular formula is C22H27N3O2. The van der Waals surface area contributed by atoms with Gasteiger partial charge in [0.15, 0.2) is 0 Å². The summed E-state index contributed by atoms with van der Waals surface area (Å²) < 4.78 is 0. The van der Waals surface area contributed by atoms with Gasteiger partial charge in [0.05, 0.1) is 0 Å². The lowest BCUT2D eigenvalue weighted by molar-refractivity contribution is -0.129. The van der Waals surface area contributed by atoms with Crippen molar-refractivity contribution >= 4 is 17.5 Å². The molecule has 3 atom stereocenters. The van der Waals surface area contributed by atoms with Crippen molar-refractivity contribution in [2.75, 3.05) is 11.9 Å². The molecular weight excluding hydrogens is 338 g/mol. The maximum absolute atomic E-state index is 13.1. The molecule has 0 heterocycles. The number of anilines is 1. The fourth-order valence-electron chi connectivity index (χ4n) is 3.61. The molecule has 0 spiro atoms. The van der Waals surface area contributed by atoms with Crippen LogP contribution in [0.1, 0.15) is 24.8 Å². The first-order valence-corrected chi connectivity index (χ1v) is 9.47. The molecule has 0 aliphatic heterocycles. The van der Waals surface area contributed by atoms with Gasteiger partial charge in [-0.3, -0.25) is 9.59 Å². The second-order valence-corrected chi connectivity index (χ2v) is 7.25. The third-order valence-corrected chi connectivity index (χ3v) is 5.22. The number of para-hydroxylation sites is 1. The normalized spacial score (nSPS) is 20.1. The summed E-state index contributed by atoms with van der Waals surface area (Å²) in [7, 11) is 1.74. The Morgan fingerprint density at radius 2 is 1.70 bits per heavy atom. The van der Waals surface area contributed by atoms with Crippen LogP contribution in [0.4, 0.5) is 5.69 Å². The van der Waals surface area contributed by atoms with Gasteiger partial charge in [-0.1, -0.05) is 48.5 Å². The van der Waals surface area contributed by atoms with E-state index in [0.717, 1.165) is 24.1 Å². The molecule has 0 radical (unpaired) electrons. The fourth-order valence-corrected chi connectivity index (χ4v) is 3.61. The average molecular weight is 365 g/mol. The van der Waals surface area contributed by atoms with Crippen LogP contribution in [0.2, 0.25) is 0 Å². The van der Waals surface area contributed by atoms with E-state index >= 15 is 0 Å². The van der Waals surface area contributed by atoms with E-state index in [9.17, 15) is 9.59 Å². The van der Waals surface area contributed by atoms with Crippen LogP contribution in [0.15, 0.2) is 60.7 Å². The minimum atomic E-state index is -0.609. The number of hydrogen-bond acceptors (Lipinski definition) is 3. The zero-order valence-corrected chi connectivity index (χ0v) is 15.7. The van der Waals surface area contributed by atoms with Crippen molar-refractivity contribution in [3.8, 4) is 0 Å². The van der Waals surface area contributed by atoms with Crippen molar-refractivity contribution in [3.63, 3.8) is 0 Å². The van der Waals surface area contributed by atoms with E-state index in [2.05, 4.69) is 5.32 Å². The van der Waals surface area contributed by atoms with Crippen molar-refractivity contribution in [3.05, 3.63) is 66.2 Å². The first-order chi connectivity index (χ1) is 13.0. The summed E-state index contributed by atoms with van der Waals surface area (Å²) in [5.41, 5.74) is 7.76. The number of hydrogen-bond donors (Lipinski definition) is 2. The van der Waals surface area contributed by atoms with Gasteiger partial charge < -0.3 is 16.0 Å². The molecule has 1 aliphatic carbocycles. The number of carbonyl (C=O) groups is 2. The summed E-state index contributed by atoms with van der Waals surface area (Å²) in [6.07, 6.45) is 2.79. The number of benzene rings is 2. The molecule has 2 aromatic rings. The Kier molecular flexibility index (Phi) is 6.24. The van der Waals surface area contributed by atoms with Gasteiger partial charge in [-0.25, -0.2) is 0 Å². The molecule has 2 amide bonds. The van der Waals surface area contributed by atoms with E-state index in [1.807, 2.05) is 60.7 Å². The van der Waals surface area contributed by atoms with Gasteiger partial charge in [-0.05, 0) is 37.0 Å². The molecule has 1 fully saturated rings. The van der Waals surface area contributed by atoms with E-state index < -0.39 is 6.04 Å². The first kappa shape index (κ1) is 19.1. The lowest BCUT2D eigenvalue weighted by Gasteiger charge is -2.26. The predicted molar refractivity (Wildman–Crippen MR) is 107 cm³/mol. The van der Waals surface area contributed by atoms with Crippen LogP contribution in [-0.4, -0.2) is 30.9 Å².